The Hall–Kier alpha value is -3.36. The second-order valence-corrected chi connectivity index (χ2v) is 8.09. The van der Waals surface area contributed by atoms with E-state index in [0.717, 1.165) is 15.3 Å². The van der Waals surface area contributed by atoms with E-state index >= 15 is 0 Å². The average molecular weight is 534 g/mol. The number of anilines is 2. The van der Waals surface area contributed by atoms with Crippen molar-refractivity contribution in [3.8, 4) is 23.4 Å². The van der Waals surface area contributed by atoms with Crippen molar-refractivity contribution in [3.05, 3.63) is 49.4 Å². The van der Waals surface area contributed by atoms with Gasteiger partial charge in [0.05, 0.1) is 11.3 Å². The highest BCUT2D eigenvalue weighted by molar-refractivity contribution is 14.1. The van der Waals surface area contributed by atoms with Crippen LogP contribution in [0.25, 0.3) is 11.3 Å². The van der Waals surface area contributed by atoms with Crippen molar-refractivity contribution >= 4 is 51.8 Å². The molecule has 4 N–H and O–H groups in total. The number of aromatic amines is 1. The maximum absolute atomic E-state index is 12.3. The number of pyridine rings is 1. The largest absolute Gasteiger partial charge is 0.435 e. The third kappa shape index (κ3) is 4.29. The number of nitrogen functional groups attached to an aromatic ring is 1. The second kappa shape index (κ2) is 8.98. The first-order valence-corrected chi connectivity index (χ1v) is 10.3. The molecule has 1 amide bonds. The molecule has 0 aliphatic carbocycles. The highest BCUT2D eigenvalue weighted by Crippen LogP contribution is 2.33. The van der Waals surface area contributed by atoms with Crippen LogP contribution in [0.3, 0.4) is 0 Å². The molecule has 1 aromatic carbocycles. The van der Waals surface area contributed by atoms with Gasteiger partial charge in [0.25, 0.3) is 0 Å². The van der Waals surface area contributed by atoms with Gasteiger partial charge in [0.15, 0.2) is 7.05 Å². The molecule has 0 saturated heterocycles. The molecule has 0 radical (unpaired) electrons. The van der Waals surface area contributed by atoms with Gasteiger partial charge in [0, 0.05) is 9.26 Å². The zero-order valence-corrected chi connectivity index (χ0v) is 18.4. The normalized spacial score (nSPS) is 10.3. The smallest absolute Gasteiger partial charge is 0.383 e. The predicted molar refractivity (Wildman–Crippen MR) is 116 cm³/mol. The SMILES string of the molecule is C[n+]1[nH]oc(=O)c1-c1c(C#N)c(N)nc(SCC(=O)Nc2ccc(I)cc2)c1C#N. The molecule has 0 atom stereocenters. The minimum absolute atomic E-state index is 0.00513. The lowest BCUT2D eigenvalue weighted by molar-refractivity contribution is -0.730. The summed E-state index contributed by atoms with van der Waals surface area (Å²) >= 11 is 3.13. The number of benzene rings is 1. The summed E-state index contributed by atoms with van der Waals surface area (Å²) in [7, 11) is 1.49. The number of halogens is 1. The molecule has 12 heteroatoms. The monoisotopic (exact) mass is 534 g/mol. The van der Waals surface area contributed by atoms with Crippen molar-refractivity contribution in [2.75, 3.05) is 16.8 Å². The van der Waals surface area contributed by atoms with Gasteiger partial charge in [0.2, 0.25) is 5.91 Å². The lowest BCUT2D eigenvalue weighted by atomic mass is 10.0. The number of amides is 1. The summed E-state index contributed by atoms with van der Waals surface area (Å²) in [5.41, 5.74) is 5.54. The Morgan fingerprint density at radius 1 is 1.33 bits per heavy atom. The van der Waals surface area contributed by atoms with Crippen LogP contribution in [0, 0.1) is 26.2 Å². The summed E-state index contributed by atoms with van der Waals surface area (Å²) in [5, 5.41) is 24.4. The van der Waals surface area contributed by atoms with E-state index in [1.807, 2.05) is 24.3 Å². The van der Waals surface area contributed by atoms with E-state index in [1.54, 1.807) is 12.1 Å². The quantitative estimate of drug-likeness (QED) is 0.252. The summed E-state index contributed by atoms with van der Waals surface area (Å²) in [6, 6.07) is 11.1. The fourth-order valence-electron chi connectivity index (χ4n) is 2.61. The molecule has 150 valence electrons. The lowest BCUT2D eigenvalue weighted by Gasteiger charge is -2.10. The van der Waals surface area contributed by atoms with E-state index in [-0.39, 0.29) is 44.9 Å². The number of aromatic nitrogens is 3. The number of aryl methyl sites for hydroxylation is 1. The number of H-pyrrole nitrogens is 1. The third-order valence-electron chi connectivity index (χ3n) is 3.92. The van der Waals surface area contributed by atoms with E-state index in [4.69, 9.17) is 10.3 Å². The first-order valence-electron chi connectivity index (χ1n) is 8.25. The lowest BCUT2D eigenvalue weighted by Crippen LogP contribution is -2.34. The highest BCUT2D eigenvalue weighted by atomic mass is 127. The Morgan fingerprint density at radius 3 is 2.57 bits per heavy atom. The Labute approximate surface area is 187 Å². The number of hydrogen-bond donors (Lipinski definition) is 3. The van der Waals surface area contributed by atoms with Crippen LogP contribution in [0.1, 0.15) is 11.1 Å². The summed E-state index contributed by atoms with van der Waals surface area (Å²) < 4.78 is 7.00. The van der Waals surface area contributed by atoms with Gasteiger partial charge in [-0.1, -0.05) is 16.4 Å². The molecule has 30 heavy (non-hydrogen) atoms. The number of nitriles is 2. The number of nitrogens with one attached hydrogen (secondary N) is 2. The molecule has 0 bridgehead atoms. The van der Waals surface area contributed by atoms with Gasteiger partial charge in [-0.2, -0.15) is 10.5 Å². The van der Waals surface area contributed by atoms with Crippen molar-refractivity contribution in [2.45, 2.75) is 5.03 Å². The van der Waals surface area contributed by atoms with Gasteiger partial charge in [-0.25, -0.2) is 9.78 Å². The number of nitrogens with two attached hydrogens (primary N) is 1. The molecule has 3 rings (SSSR count). The Morgan fingerprint density at radius 2 is 2.00 bits per heavy atom. The first-order chi connectivity index (χ1) is 14.3. The standard InChI is InChI=1S/C18H12IN7O3S/c1-26-15(18(28)29-25-26)14-11(6-20)16(22)24-17(12(14)7-21)30-8-13(27)23-10-4-2-9(19)3-5-10/h2-5H,8H2,1H3,(H3-,22,23,24,25,27,28)/p+1. The van der Waals surface area contributed by atoms with Crippen molar-refractivity contribution < 1.29 is 14.0 Å². The number of carbonyl (C=O) groups excluding carboxylic acids is 1. The predicted octanol–water partition coefficient (Wildman–Crippen LogP) is 1.52. The molecular formula is C18H13IN7O3S+. The number of thioether (sulfide) groups is 1. The van der Waals surface area contributed by atoms with Crippen LogP contribution in [0.15, 0.2) is 38.6 Å². The molecule has 0 aliphatic heterocycles. The minimum atomic E-state index is -0.775. The fourth-order valence-corrected chi connectivity index (χ4v) is 3.77. The number of rotatable bonds is 5. The van der Waals surface area contributed by atoms with Gasteiger partial charge >= 0.3 is 11.3 Å². The van der Waals surface area contributed by atoms with Crippen molar-refractivity contribution in [2.24, 2.45) is 7.05 Å². The van der Waals surface area contributed by atoms with Crippen LogP contribution in [-0.2, 0) is 11.8 Å². The van der Waals surface area contributed by atoms with E-state index in [0.29, 0.717) is 5.69 Å². The van der Waals surface area contributed by atoms with Crippen molar-refractivity contribution in [1.29, 1.82) is 10.5 Å². The summed E-state index contributed by atoms with van der Waals surface area (Å²) in [5.74, 6) is -0.539. The van der Waals surface area contributed by atoms with Gasteiger partial charge in [-0.15, -0.1) is 0 Å². The van der Waals surface area contributed by atoms with Gasteiger partial charge in [-0.3, -0.25) is 9.32 Å². The zero-order chi connectivity index (χ0) is 21.8. The van der Waals surface area contributed by atoms with Crippen LogP contribution in [0.4, 0.5) is 11.5 Å². The van der Waals surface area contributed by atoms with Crippen LogP contribution >= 0.6 is 34.4 Å². The molecule has 0 aliphatic rings. The van der Waals surface area contributed by atoms with Crippen LogP contribution < -0.4 is 21.4 Å². The molecule has 3 aromatic rings. The van der Waals surface area contributed by atoms with E-state index in [2.05, 4.69) is 38.2 Å². The number of carbonyl (C=O) groups is 1. The van der Waals surface area contributed by atoms with Gasteiger partial charge < -0.3 is 11.1 Å². The molecular weight excluding hydrogens is 521 g/mol. The van der Waals surface area contributed by atoms with Gasteiger partial charge in [-0.05, 0) is 52.1 Å². The minimum Gasteiger partial charge on any atom is -0.383 e. The summed E-state index contributed by atoms with van der Waals surface area (Å²) in [4.78, 5) is 28.5. The molecule has 10 nitrogen and oxygen atoms in total. The molecule has 0 saturated carbocycles. The second-order valence-electron chi connectivity index (χ2n) is 5.88. The topological polar surface area (TPSA) is 165 Å². The number of nitrogens with zero attached hydrogens (tertiary/aromatic N) is 4. The average Bonchev–Trinajstić information content (AvgIpc) is 3.05. The maximum Gasteiger partial charge on any atom is 0.435 e. The molecule has 0 spiro atoms. The Bertz CT molecular complexity index is 1270. The third-order valence-corrected chi connectivity index (χ3v) is 5.62. The Kier molecular flexibility index (Phi) is 6.39. The fraction of sp³-hybridized carbons (Fsp3) is 0.111. The Balaban J connectivity index is 1.95. The number of hydrogen-bond acceptors (Lipinski definition) is 8. The van der Waals surface area contributed by atoms with E-state index in [9.17, 15) is 20.1 Å². The molecule has 0 fully saturated rings. The molecule has 0 unspecified atom stereocenters. The van der Waals surface area contributed by atoms with Crippen molar-refractivity contribution in [3.63, 3.8) is 0 Å². The highest BCUT2D eigenvalue weighted by Gasteiger charge is 2.31. The first kappa shape index (κ1) is 21.4. The van der Waals surface area contributed by atoms with E-state index in [1.165, 1.54) is 11.7 Å². The summed E-state index contributed by atoms with van der Waals surface area (Å²) in [6.07, 6.45) is 0. The maximum atomic E-state index is 12.3. The molecule has 2 heterocycles. The van der Waals surface area contributed by atoms with Gasteiger partial charge in [0.1, 0.15) is 34.1 Å². The van der Waals surface area contributed by atoms with E-state index < -0.39 is 5.63 Å². The van der Waals surface area contributed by atoms with Crippen LogP contribution in [-0.4, -0.2) is 21.9 Å². The van der Waals surface area contributed by atoms with Crippen molar-refractivity contribution in [1.82, 2.24) is 10.3 Å². The van der Waals surface area contributed by atoms with Crippen LogP contribution in [0.2, 0.25) is 0 Å². The molecule has 2 aromatic heterocycles. The van der Waals surface area contributed by atoms with Crippen LogP contribution in [0.5, 0.6) is 0 Å². The summed E-state index contributed by atoms with van der Waals surface area (Å²) in [6.45, 7) is 0. The zero-order valence-electron chi connectivity index (χ0n) is 15.4.